The Morgan fingerprint density at radius 2 is 2.30 bits per heavy atom. The van der Waals surface area contributed by atoms with Gasteiger partial charge in [-0.25, -0.2) is 4.98 Å². The lowest BCUT2D eigenvalue weighted by Gasteiger charge is -2.16. The minimum atomic E-state index is 0.0140. The number of amides is 1. The maximum atomic E-state index is 11.4. The first-order chi connectivity index (χ1) is 9.52. The smallest absolute Gasteiger partial charge is 0.228 e. The van der Waals surface area contributed by atoms with Crippen LogP contribution in [-0.4, -0.2) is 10.9 Å². The number of nitrogens with two attached hydrogens (primary N) is 1. The molecule has 0 spiro atoms. The molecule has 0 radical (unpaired) electrons. The van der Waals surface area contributed by atoms with Crippen molar-refractivity contribution in [3.05, 3.63) is 33.8 Å². The molecule has 1 amide bonds. The zero-order valence-corrected chi connectivity index (χ0v) is 12.2. The Morgan fingerprint density at radius 1 is 1.50 bits per heavy atom. The maximum Gasteiger partial charge on any atom is 0.228 e. The van der Waals surface area contributed by atoms with E-state index in [0.29, 0.717) is 12.1 Å². The van der Waals surface area contributed by atoms with Gasteiger partial charge in [-0.3, -0.25) is 4.79 Å². The molecule has 1 atom stereocenters. The third kappa shape index (κ3) is 2.34. The number of nitrogen functional groups attached to an aromatic ring is 1. The SMILES string of the molecule is Cc1cnc(C(C)Nc2cc3c(cc2N)CC(=O)N3)s1. The summed E-state index contributed by atoms with van der Waals surface area (Å²) in [4.78, 5) is 16.9. The van der Waals surface area contributed by atoms with Crippen molar-refractivity contribution in [2.75, 3.05) is 16.4 Å². The van der Waals surface area contributed by atoms with Crippen molar-refractivity contribution in [3.8, 4) is 0 Å². The minimum absolute atomic E-state index is 0.0140. The number of rotatable bonds is 3. The van der Waals surface area contributed by atoms with Gasteiger partial charge < -0.3 is 16.4 Å². The summed E-state index contributed by atoms with van der Waals surface area (Å²) in [7, 11) is 0. The summed E-state index contributed by atoms with van der Waals surface area (Å²) in [6, 6.07) is 3.83. The van der Waals surface area contributed by atoms with Crippen LogP contribution >= 0.6 is 11.3 Å². The van der Waals surface area contributed by atoms with Crippen LogP contribution in [0.4, 0.5) is 17.1 Å². The molecule has 1 aliphatic rings. The van der Waals surface area contributed by atoms with E-state index in [2.05, 4.69) is 15.6 Å². The molecule has 3 rings (SSSR count). The summed E-state index contributed by atoms with van der Waals surface area (Å²) in [6.07, 6.45) is 2.27. The van der Waals surface area contributed by atoms with Gasteiger partial charge in [-0.15, -0.1) is 11.3 Å². The molecule has 1 unspecified atom stereocenters. The number of thiazole rings is 1. The predicted octanol–water partition coefficient (Wildman–Crippen LogP) is 2.70. The van der Waals surface area contributed by atoms with Crippen molar-refractivity contribution < 1.29 is 4.79 Å². The highest BCUT2D eigenvalue weighted by Gasteiger charge is 2.20. The lowest BCUT2D eigenvalue weighted by molar-refractivity contribution is -0.115. The van der Waals surface area contributed by atoms with Gasteiger partial charge in [0.15, 0.2) is 0 Å². The molecule has 0 aliphatic carbocycles. The highest BCUT2D eigenvalue weighted by atomic mass is 32.1. The zero-order valence-electron chi connectivity index (χ0n) is 11.4. The van der Waals surface area contributed by atoms with Crippen LogP contribution in [0, 0.1) is 6.92 Å². The van der Waals surface area contributed by atoms with Gasteiger partial charge in [-0.05, 0) is 31.5 Å². The fourth-order valence-corrected chi connectivity index (χ4v) is 3.06. The predicted molar refractivity (Wildman–Crippen MR) is 82.1 cm³/mol. The lowest BCUT2D eigenvalue weighted by Crippen LogP contribution is -2.08. The van der Waals surface area contributed by atoms with Gasteiger partial charge in [-0.2, -0.15) is 0 Å². The molecule has 5 nitrogen and oxygen atoms in total. The van der Waals surface area contributed by atoms with Crippen molar-refractivity contribution in [1.82, 2.24) is 4.98 Å². The fraction of sp³-hybridized carbons (Fsp3) is 0.286. The largest absolute Gasteiger partial charge is 0.397 e. The zero-order chi connectivity index (χ0) is 14.3. The van der Waals surface area contributed by atoms with E-state index in [0.717, 1.165) is 21.9 Å². The molecule has 0 bridgehead atoms. The van der Waals surface area contributed by atoms with E-state index in [4.69, 9.17) is 5.73 Å². The summed E-state index contributed by atoms with van der Waals surface area (Å²) in [5.74, 6) is 0.0140. The third-order valence-corrected chi connectivity index (χ3v) is 4.38. The Labute approximate surface area is 121 Å². The first-order valence-electron chi connectivity index (χ1n) is 6.44. The standard InChI is InChI=1S/C14H16N4OS/c1-7-6-16-14(20-7)8(2)17-12-5-11-9(3-10(12)15)4-13(19)18-11/h3,5-6,8,17H,4,15H2,1-2H3,(H,18,19). The molecular weight excluding hydrogens is 272 g/mol. The molecule has 0 fully saturated rings. The molecule has 104 valence electrons. The van der Waals surface area contributed by atoms with Crippen LogP contribution in [0.15, 0.2) is 18.3 Å². The van der Waals surface area contributed by atoms with Crippen LogP contribution < -0.4 is 16.4 Å². The summed E-state index contributed by atoms with van der Waals surface area (Å²) >= 11 is 1.66. The number of hydrogen-bond donors (Lipinski definition) is 3. The van der Waals surface area contributed by atoms with Gasteiger partial charge in [0, 0.05) is 16.8 Å². The fourth-order valence-electron chi connectivity index (χ4n) is 2.29. The first kappa shape index (κ1) is 12.9. The van der Waals surface area contributed by atoms with Crippen LogP contribution in [0.25, 0.3) is 0 Å². The second-order valence-corrected chi connectivity index (χ2v) is 6.26. The highest BCUT2D eigenvalue weighted by Crippen LogP contribution is 2.33. The van der Waals surface area contributed by atoms with E-state index in [1.54, 1.807) is 11.3 Å². The maximum absolute atomic E-state index is 11.4. The summed E-state index contributed by atoms with van der Waals surface area (Å²) in [5.41, 5.74) is 9.33. The summed E-state index contributed by atoms with van der Waals surface area (Å²) in [6.45, 7) is 4.08. The number of anilines is 3. The first-order valence-corrected chi connectivity index (χ1v) is 7.25. The third-order valence-electron chi connectivity index (χ3n) is 3.28. The molecular formula is C14H16N4OS. The minimum Gasteiger partial charge on any atom is -0.397 e. The van der Waals surface area contributed by atoms with Crippen molar-refractivity contribution in [2.45, 2.75) is 26.3 Å². The molecule has 20 heavy (non-hydrogen) atoms. The Bertz CT molecular complexity index is 680. The Hall–Kier alpha value is -2.08. The van der Waals surface area contributed by atoms with Crippen LogP contribution in [0.1, 0.15) is 28.4 Å². The number of fused-ring (bicyclic) bond motifs is 1. The summed E-state index contributed by atoms with van der Waals surface area (Å²) in [5, 5.41) is 7.21. The van der Waals surface area contributed by atoms with Crippen LogP contribution in [0.2, 0.25) is 0 Å². The number of hydrogen-bond acceptors (Lipinski definition) is 5. The molecule has 1 aromatic carbocycles. The van der Waals surface area contributed by atoms with E-state index in [-0.39, 0.29) is 11.9 Å². The Balaban J connectivity index is 1.84. The monoisotopic (exact) mass is 288 g/mol. The molecule has 1 aromatic heterocycles. The second kappa shape index (κ2) is 4.79. The Kier molecular flexibility index (Phi) is 3.10. The number of carbonyl (C=O) groups is 1. The van der Waals surface area contributed by atoms with Gasteiger partial charge in [0.05, 0.1) is 23.8 Å². The van der Waals surface area contributed by atoms with Crippen molar-refractivity contribution >= 4 is 34.3 Å². The molecule has 4 N–H and O–H groups in total. The number of carbonyl (C=O) groups excluding carboxylic acids is 1. The van der Waals surface area contributed by atoms with E-state index in [9.17, 15) is 4.79 Å². The van der Waals surface area contributed by atoms with Gasteiger partial charge in [-0.1, -0.05) is 0 Å². The lowest BCUT2D eigenvalue weighted by atomic mass is 10.1. The van der Waals surface area contributed by atoms with Crippen LogP contribution in [-0.2, 0) is 11.2 Å². The van der Waals surface area contributed by atoms with Crippen molar-refractivity contribution in [3.63, 3.8) is 0 Å². The van der Waals surface area contributed by atoms with E-state index in [1.165, 1.54) is 4.88 Å². The molecule has 1 aliphatic heterocycles. The second-order valence-electron chi connectivity index (χ2n) is 5.00. The average Bonchev–Trinajstić information content (AvgIpc) is 2.95. The number of aryl methyl sites for hydroxylation is 1. The van der Waals surface area contributed by atoms with Crippen LogP contribution in [0.3, 0.4) is 0 Å². The number of nitrogens with one attached hydrogen (secondary N) is 2. The number of benzene rings is 1. The normalized spacial score (nSPS) is 14.8. The quantitative estimate of drug-likeness (QED) is 0.759. The van der Waals surface area contributed by atoms with Gasteiger partial charge in [0.1, 0.15) is 5.01 Å². The van der Waals surface area contributed by atoms with E-state index < -0.39 is 0 Å². The van der Waals surface area contributed by atoms with Gasteiger partial charge >= 0.3 is 0 Å². The molecule has 6 heteroatoms. The van der Waals surface area contributed by atoms with E-state index >= 15 is 0 Å². The molecule has 2 aromatic rings. The topological polar surface area (TPSA) is 80.0 Å². The Morgan fingerprint density at radius 3 is 3.00 bits per heavy atom. The van der Waals surface area contributed by atoms with Gasteiger partial charge in [0.2, 0.25) is 5.91 Å². The number of nitrogens with zero attached hydrogens (tertiary/aromatic N) is 1. The molecule has 0 saturated heterocycles. The van der Waals surface area contributed by atoms with Crippen molar-refractivity contribution in [2.24, 2.45) is 0 Å². The van der Waals surface area contributed by atoms with Crippen molar-refractivity contribution in [1.29, 1.82) is 0 Å². The molecule has 2 heterocycles. The van der Waals surface area contributed by atoms with Crippen LogP contribution in [0.5, 0.6) is 0 Å². The van der Waals surface area contributed by atoms with Gasteiger partial charge in [0.25, 0.3) is 0 Å². The average molecular weight is 288 g/mol. The summed E-state index contributed by atoms with van der Waals surface area (Å²) < 4.78 is 0. The van der Waals surface area contributed by atoms with E-state index in [1.807, 2.05) is 32.2 Å². The highest BCUT2D eigenvalue weighted by molar-refractivity contribution is 7.11. The number of aromatic nitrogens is 1. The molecule has 0 saturated carbocycles.